The van der Waals surface area contributed by atoms with Crippen LogP contribution in [-0.4, -0.2) is 67.9 Å². The molecular formula is C50H54N4Na2O13S2. The SMILES string of the molecule is CCCCCCCCCCCCOc1cccc(OCCCCNC(=O)c2cc(OC(=O)Nc3ccc(N=Nc4c(O)c(S(=O)(=O)[O-])cc5cc(S(=O)(=O)[O-])ccc45)cc3)c3ccccc3c2O)c1.[Na+].[Na+]. The summed E-state index contributed by atoms with van der Waals surface area (Å²) in [6.07, 6.45) is 12.9. The Bertz CT molecular complexity index is 3010. The molecule has 71 heavy (non-hydrogen) atoms. The van der Waals surface area contributed by atoms with Crippen LogP contribution in [0.3, 0.4) is 0 Å². The van der Waals surface area contributed by atoms with E-state index in [4.69, 9.17) is 14.2 Å². The van der Waals surface area contributed by atoms with Crippen molar-refractivity contribution in [2.24, 2.45) is 10.2 Å². The van der Waals surface area contributed by atoms with E-state index in [1.54, 1.807) is 24.3 Å². The number of amides is 2. The number of hydrogen-bond donors (Lipinski definition) is 4. The van der Waals surface area contributed by atoms with Gasteiger partial charge in [0.25, 0.3) is 5.91 Å². The Morgan fingerprint density at radius 2 is 1.23 bits per heavy atom. The Kier molecular flexibility index (Phi) is 23.5. The molecule has 6 rings (SSSR count). The average molecular weight is 1030 g/mol. The van der Waals surface area contributed by atoms with E-state index in [9.17, 15) is 45.7 Å². The maximum Gasteiger partial charge on any atom is 1.00 e. The zero-order valence-corrected chi connectivity index (χ0v) is 45.7. The predicted octanol–water partition coefficient (Wildman–Crippen LogP) is 5.14. The van der Waals surface area contributed by atoms with Gasteiger partial charge in [0.1, 0.15) is 48.9 Å². The van der Waals surface area contributed by atoms with Crippen molar-refractivity contribution in [2.75, 3.05) is 25.1 Å². The predicted molar refractivity (Wildman–Crippen MR) is 258 cm³/mol. The molecule has 366 valence electrons. The van der Waals surface area contributed by atoms with Gasteiger partial charge in [-0.25, -0.2) is 21.6 Å². The summed E-state index contributed by atoms with van der Waals surface area (Å²) in [6, 6.07) is 24.6. The topological polar surface area (TPSA) is 265 Å². The number of hydrogen-bond acceptors (Lipinski definition) is 15. The molecule has 0 bridgehead atoms. The van der Waals surface area contributed by atoms with Crippen LogP contribution < -0.4 is 84.0 Å². The monoisotopic (exact) mass is 1030 g/mol. The number of carbonyl (C=O) groups excluding carboxylic acids is 2. The molecule has 0 spiro atoms. The van der Waals surface area contributed by atoms with Gasteiger partial charge in [-0.05, 0) is 85.3 Å². The van der Waals surface area contributed by atoms with E-state index < -0.39 is 53.5 Å². The second-order valence-electron chi connectivity index (χ2n) is 16.3. The van der Waals surface area contributed by atoms with Crippen molar-refractivity contribution in [3.63, 3.8) is 0 Å². The third-order valence-electron chi connectivity index (χ3n) is 11.1. The third kappa shape index (κ3) is 17.4. The largest absolute Gasteiger partial charge is 1.00 e. The molecule has 0 saturated carbocycles. The molecule has 0 aliphatic heterocycles. The number of phenols is 2. The number of nitrogens with one attached hydrogen (secondary N) is 2. The number of anilines is 1. The van der Waals surface area contributed by atoms with Gasteiger partial charge in [-0.1, -0.05) is 101 Å². The van der Waals surface area contributed by atoms with Crippen molar-refractivity contribution in [3.8, 4) is 28.7 Å². The second-order valence-corrected chi connectivity index (χ2v) is 19.0. The standard InChI is InChI=1S/C50H56N4O13S2.2Na/c1-2-3-4-5-6-7-8-9-10-14-28-65-37-17-16-18-38(32-37)66-29-15-13-27-51-49(57)43-33-44(41-19-11-12-20-42(41)47(43)55)67-50(58)52-35-21-23-36(24-22-35)53-54-46-40-26-25-39(68(59,60)61)30-34(40)31-45(48(46)56)69(62,63)64;;/h11-12,16-26,30-33,55-56H,2-10,13-15,27-29H2,1H3,(H,51,57)(H,52,58)(H,59,60,61)(H,62,63,64);;/q;2*+1/p-2. The van der Waals surface area contributed by atoms with Crippen LogP contribution in [0.4, 0.5) is 21.9 Å². The quantitative estimate of drug-likeness (QED) is 0.0251. The van der Waals surface area contributed by atoms with E-state index in [-0.39, 0.29) is 110 Å². The number of phenolic OH excluding ortho intramolecular Hbond substituents is 2. The number of unbranched alkanes of at least 4 members (excludes halogenated alkanes) is 10. The normalized spacial score (nSPS) is 11.5. The van der Waals surface area contributed by atoms with E-state index >= 15 is 0 Å². The number of ether oxygens (including phenoxy) is 3. The minimum atomic E-state index is -5.28. The maximum atomic E-state index is 13.3. The number of nitrogens with zero attached hydrogens (tertiary/aromatic N) is 2. The van der Waals surface area contributed by atoms with Gasteiger partial charge >= 0.3 is 65.2 Å². The van der Waals surface area contributed by atoms with Gasteiger partial charge in [0.2, 0.25) is 0 Å². The van der Waals surface area contributed by atoms with Crippen LogP contribution in [0.2, 0.25) is 0 Å². The molecule has 0 heterocycles. The van der Waals surface area contributed by atoms with Gasteiger partial charge in [-0.3, -0.25) is 10.1 Å². The molecule has 21 heteroatoms. The molecular weight excluding hydrogens is 975 g/mol. The zero-order chi connectivity index (χ0) is 49.4. The van der Waals surface area contributed by atoms with Crippen LogP contribution in [0.15, 0.2) is 123 Å². The second kappa shape index (κ2) is 28.4. The number of fused-ring (bicyclic) bond motifs is 2. The summed E-state index contributed by atoms with van der Waals surface area (Å²) in [6.45, 7) is 3.59. The van der Waals surface area contributed by atoms with Crippen LogP contribution in [0.5, 0.6) is 28.7 Å². The van der Waals surface area contributed by atoms with E-state index in [0.29, 0.717) is 37.2 Å². The molecule has 6 aromatic rings. The van der Waals surface area contributed by atoms with Crippen molar-refractivity contribution >= 4 is 70.8 Å². The summed E-state index contributed by atoms with van der Waals surface area (Å²) in [5, 5.41) is 35.5. The molecule has 0 unspecified atom stereocenters. The van der Waals surface area contributed by atoms with Crippen molar-refractivity contribution in [3.05, 3.63) is 109 Å². The van der Waals surface area contributed by atoms with Gasteiger partial charge in [0.05, 0.1) is 34.3 Å². The molecule has 0 fully saturated rings. The number of carbonyl (C=O) groups is 2. The summed E-state index contributed by atoms with van der Waals surface area (Å²) >= 11 is 0. The molecule has 4 N–H and O–H groups in total. The molecule has 2 amide bonds. The van der Waals surface area contributed by atoms with Crippen LogP contribution in [-0.2, 0) is 20.2 Å². The summed E-state index contributed by atoms with van der Waals surface area (Å²) in [7, 11) is -10.2. The molecule has 6 aromatic carbocycles. The van der Waals surface area contributed by atoms with Crippen molar-refractivity contribution in [2.45, 2.75) is 93.8 Å². The first-order valence-electron chi connectivity index (χ1n) is 22.7. The van der Waals surface area contributed by atoms with Crippen molar-refractivity contribution in [1.29, 1.82) is 0 Å². The first kappa shape index (κ1) is 58.8. The number of aromatic hydroxyl groups is 2. The summed E-state index contributed by atoms with van der Waals surface area (Å²) in [4.78, 5) is 24.7. The molecule has 0 aliphatic carbocycles. The number of rotatable bonds is 25. The van der Waals surface area contributed by atoms with E-state index in [1.807, 2.05) is 24.3 Å². The van der Waals surface area contributed by atoms with Crippen LogP contribution in [0, 0.1) is 0 Å². The van der Waals surface area contributed by atoms with Crippen LogP contribution >= 0.6 is 0 Å². The summed E-state index contributed by atoms with van der Waals surface area (Å²) in [5.74, 6) is -0.464. The molecule has 17 nitrogen and oxygen atoms in total. The number of benzene rings is 6. The fraction of sp³-hybridized carbons (Fsp3) is 0.320. The van der Waals surface area contributed by atoms with Crippen LogP contribution in [0.25, 0.3) is 21.5 Å². The molecule has 0 aromatic heterocycles. The maximum absolute atomic E-state index is 13.3. The minimum Gasteiger partial charge on any atom is -0.744 e. The first-order chi connectivity index (χ1) is 33.1. The van der Waals surface area contributed by atoms with Gasteiger partial charge in [0.15, 0.2) is 5.75 Å². The minimum absolute atomic E-state index is 0. The molecule has 0 aliphatic rings. The number of azo groups is 1. The fourth-order valence-corrected chi connectivity index (χ4v) is 8.58. The van der Waals surface area contributed by atoms with Crippen molar-refractivity contribution in [1.82, 2.24) is 5.32 Å². The van der Waals surface area contributed by atoms with E-state index in [1.165, 1.54) is 81.7 Å². The molecule has 0 atom stereocenters. The van der Waals surface area contributed by atoms with Crippen LogP contribution in [0.1, 0.15) is 94.3 Å². The first-order valence-corrected chi connectivity index (χ1v) is 25.5. The van der Waals surface area contributed by atoms with Gasteiger partial charge < -0.3 is 38.8 Å². The zero-order valence-electron chi connectivity index (χ0n) is 40.0. The van der Waals surface area contributed by atoms with E-state index in [0.717, 1.165) is 42.9 Å². The van der Waals surface area contributed by atoms with Crippen molar-refractivity contribution < 1.29 is 119 Å². The Morgan fingerprint density at radius 1 is 0.620 bits per heavy atom. The summed E-state index contributed by atoms with van der Waals surface area (Å²) < 4.78 is 87.9. The summed E-state index contributed by atoms with van der Waals surface area (Å²) in [5.41, 5.74) is -0.235. The molecule has 0 radical (unpaired) electrons. The van der Waals surface area contributed by atoms with Gasteiger partial charge in [-0.15, -0.1) is 5.11 Å². The van der Waals surface area contributed by atoms with E-state index in [2.05, 4.69) is 27.8 Å². The van der Waals surface area contributed by atoms with Gasteiger partial charge in [0, 0.05) is 34.5 Å². The Hall–Kier alpha value is -4.80. The molecule has 0 saturated heterocycles. The van der Waals surface area contributed by atoms with Gasteiger partial charge in [-0.2, -0.15) is 5.11 Å². The Balaban J connectivity index is 0.00000548. The average Bonchev–Trinajstić information content (AvgIpc) is 3.32. The Morgan fingerprint density at radius 3 is 1.85 bits per heavy atom. The Labute approximate surface area is 457 Å². The smallest absolute Gasteiger partial charge is 0.744 e. The fourth-order valence-electron chi connectivity index (χ4n) is 7.47. The third-order valence-corrected chi connectivity index (χ3v) is 12.8.